The van der Waals surface area contributed by atoms with Gasteiger partial charge in [-0.1, -0.05) is 58.7 Å². The Balaban J connectivity index is 1.81. The van der Waals surface area contributed by atoms with Crippen LogP contribution in [0.3, 0.4) is 0 Å². The van der Waals surface area contributed by atoms with Crippen molar-refractivity contribution in [1.29, 1.82) is 0 Å². The van der Waals surface area contributed by atoms with Gasteiger partial charge in [-0.25, -0.2) is 4.79 Å². The average Bonchev–Trinajstić information content (AvgIpc) is 2.47. The molecule has 0 fully saturated rings. The SMILES string of the molecule is O=C(COc1ccc(Cl)cc1Cl)O/N=C/c1ccccc1. The van der Waals surface area contributed by atoms with Gasteiger partial charge in [0.15, 0.2) is 6.61 Å². The minimum Gasteiger partial charge on any atom is -0.480 e. The molecule has 2 aromatic carbocycles. The number of carbonyl (C=O) groups excluding carboxylic acids is 1. The molecule has 0 unspecified atom stereocenters. The van der Waals surface area contributed by atoms with Gasteiger partial charge in [-0.05, 0) is 23.8 Å². The Morgan fingerprint density at radius 1 is 1.14 bits per heavy atom. The van der Waals surface area contributed by atoms with Gasteiger partial charge in [-0.3, -0.25) is 0 Å². The summed E-state index contributed by atoms with van der Waals surface area (Å²) in [7, 11) is 0. The number of halogens is 2. The predicted octanol–water partition coefficient (Wildman–Crippen LogP) is 3.95. The van der Waals surface area contributed by atoms with E-state index < -0.39 is 5.97 Å². The molecule has 0 amide bonds. The molecule has 0 aliphatic heterocycles. The molecule has 0 N–H and O–H groups in total. The molecule has 0 spiro atoms. The fourth-order valence-corrected chi connectivity index (χ4v) is 1.90. The van der Waals surface area contributed by atoms with Gasteiger partial charge >= 0.3 is 5.97 Å². The Labute approximate surface area is 131 Å². The van der Waals surface area contributed by atoms with Gasteiger partial charge < -0.3 is 9.57 Å². The highest BCUT2D eigenvalue weighted by molar-refractivity contribution is 6.35. The molecule has 0 aromatic heterocycles. The fraction of sp³-hybridized carbons (Fsp3) is 0.0667. The second-order valence-corrected chi connectivity index (χ2v) is 4.82. The van der Waals surface area contributed by atoms with Crippen molar-refractivity contribution in [3.05, 3.63) is 64.1 Å². The molecule has 2 rings (SSSR count). The van der Waals surface area contributed by atoms with Crippen molar-refractivity contribution in [2.24, 2.45) is 5.16 Å². The maximum atomic E-state index is 11.5. The Morgan fingerprint density at radius 3 is 2.62 bits per heavy atom. The molecule has 108 valence electrons. The predicted molar refractivity (Wildman–Crippen MR) is 82.1 cm³/mol. The van der Waals surface area contributed by atoms with Crippen LogP contribution in [-0.4, -0.2) is 18.8 Å². The highest BCUT2D eigenvalue weighted by Crippen LogP contribution is 2.27. The summed E-state index contributed by atoms with van der Waals surface area (Å²) >= 11 is 11.7. The lowest BCUT2D eigenvalue weighted by Crippen LogP contribution is -2.12. The number of hydrogen-bond acceptors (Lipinski definition) is 4. The third-order valence-electron chi connectivity index (χ3n) is 2.40. The molecule has 0 heterocycles. The van der Waals surface area contributed by atoms with Gasteiger partial charge in [0.05, 0.1) is 11.2 Å². The Hall–Kier alpha value is -2.04. The topological polar surface area (TPSA) is 47.9 Å². The quantitative estimate of drug-likeness (QED) is 0.475. The lowest BCUT2D eigenvalue weighted by atomic mass is 10.2. The number of benzene rings is 2. The normalized spacial score (nSPS) is 10.6. The summed E-state index contributed by atoms with van der Waals surface area (Å²) < 4.78 is 5.22. The Bertz CT molecular complexity index is 645. The molecule has 21 heavy (non-hydrogen) atoms. The van der Waals surface area contributed by atoms with E-state index in [0.717, 1.165) is 5.56 Å². The summed E-state index contributed by atoms with van der Waals surface area (Å²) in [6.07, 6.45) is 1.44. The van der Waals surface area contributed by atoms with Crippen LogP contribution in [0.2, 0.25) is 10.0 Å². The largest absolute Gasteiger partial charge is 0.480 e. The van der Waals surface area contributed by atoms with Crippen molar-refractivity contribution in [1.82, 2.24) is 0 Å². The molecule has 0 atom stereocenters. The number of rotatable bonds is 5. The number of carbonyl (C=O) groups is 1. The van der Waals surface area contributed by atoms with Gasteiger partial charge in [0.2, 0.25) is 0 Å². The zero-order valence-corrected chi connectivity index (χ0v) is 12.3. The lowest BCUT2D eigenvalue weighted by molar-refractivity contribution is -0.145. The molecule has 0 saturated carbocycles. The van der Waals surface area contributed by atoms with E-state index >= 15 is 0 Å². The lowest BCUT2D eigenvalue weighted by Gasteiger charge is -2.06. The van der Waals surface area contributed by atoms with Crippen molar-refractivity contribution in [3.8, 4) is 5.75 Å². The van der Waals surface area contributed by atoms with Crippen LogP contribution in [0, 0.1) is 0 Å². The minimum atomic E-state index is -0.631. The van der Waals surface area contributed by atoms with Crippen LogP contribution in [0.4, 0.5) is 0 Å². The Kier molecular flexibility index (Phi) is 5.60. The first kappa shape index (κ1) is 15.4. The van der Waals surface area contributed by atoms with Crippen LogP contribution in [0.15, 0.2) is 53.7 Å². The molecular weight excluding hydrogens is 313 g/mol. The Morgan fingerprint density at radius 2 is 1.90 bits per heavy atom. The van der Waals surface area contributed by atoms with Gasteiger partial charge in [0.25, 0.3) is 0 Å². The standard InChI is InChI=1S/C15H11Cl2NO3/c16-12-6-7-14(13(17)8-12)20-10-15(19)21-18-9-11-4-2-1-3-5-11/h1-9H,10H2/b18-9+. The van der Waals surface area contributed by atoms with E-state index in [4.69, 9.17) is 27.9 Å². The van der Waals surface area contributed by atoms with Crippen molar-refractivity contribution >= 4 is 35.4 Å². The molecule has 6 heteroatoms. The molecule has 4 nitrogen and oxygen atoms in total. The van der Waals surface area contributed by atoms with E-state index in [1.165, 1.54) is 12.3 Å². The van der Waals surface area contributed by atoms with E-state index in [2.05, 4.69) is 9.99 Å². The van der Waals surface area contributed by atoms with Crippen molar-refractivity contribution < 1.29 is 14.4 Å². The summed E-state index contributed by atoms with van der Waals surface area (Å²) in [5.74, 6) is -0.279. The van der Waals surface area contributed by atoms with Crippen molar-refractivity contribution in [2.45, 2.75) is 0 Å². The maximum absolute atomic E-state index is 11.5. The molecule has 2 aromatic rings. The summed E-state index contributed by atoms with van der Waals surface area (Å²) in [6.45, 7) is -0.298. The van der Waals surface area contributed by atoms with Crippen LogP contribution < -0.4 is 4.74 Å². The average molecular weight is 324 g/mol. The van der Waals surface area contributed by atoms with Crippen LogP contribution in [0.5, 0.6) is 5.75 Å². The summed E-state index contributed by atoms with van der Waals surface area (Å²) in [5, 5.41) is 4.39. The molecule has 0 radical (unpaired) electrons. The molecule has 0 aliphatic carbocycles. The first-order chi connectivity index (χ1) is 10.1. The molecule has 0 saturated heterocycles. The third kappa shape index (κ3) is 5.10. The van der Waals surface area contributed by atoms with Crippen molar-refractivity contribution in [2.75, 3.05) is 6.61 Å². The van der Waals surface area contributed by atoms with Gasteiger partial charge in [0, 0.05) is 5.02 Å². The number of hydrogen-bond donors (Lipinski definition) is 0. The van der Waals surface area contributed by atoms with E-state index in [1.54, 1.807) is 12.1 Å². The van der Waals surface area contributed by atoms with Crippen LogP contribution in [0.1, 0.15) is 5.56 Å². The first-order valence-electron chi connectivity index (χ1n) is 6.01. The van der Waals surface area contributed by atoms with E-state index in [0.29, 0.717) is 15.8 Å². The van der Waals surface area contributed by atoms with Crippen LogP contribution in [0.25, 0.3) is 0 Å². The van der Waals surface area contributed by atoms with Crippen LogP contribution >= 0.6 is 23.2 Å². The minimum absolute atomic E-state index is 0.298. The summed E-state index contributed by atoms with van der Waals surface area (Å²) in [5.41, 5.74) is 0.826. The number of oxime groups is 1. The summed E-state index contributed by atoms with van der Waals surface area (Å²) in [4.78, 5) is 16.1. The second kappa shape index (κ2) is 7.67. The zero-order chi connectivity index (χ0) is 15.1. The molecule has 0 aliphatic rings. The van der Waals surface area contributed by atoms with Gasteiger partial charge in [0.1, 0.15) is 5.75 Å². The third-order valence-corrected chi connectivity index (χ3v) is 2.93. The monoisotopic (exact) mass is 323 g/mol. The van der Waals surface area contributed by atoms with Gasteiger partial charge in [-0.2, -0.15) is 0 Å². The fourth-order valence-electron chi connectivity index (χ4n) is 1.44. The highest BCUT2D eigenvalue weighted by Gasteiger charge is 2.07. The molecular formula is C15H11Cl2NO3. The highest BCUT2D eigenvalue weighted by atomic mass is 35.5. The van der Waals surface area contributed by atoms with Crippen molar-refractivity contribution in [3.63, 3.8) is 0 Å². The smallest absolute Gasteiger partial charge is 0.372 e. The molecule has 0 bridgehead atoms. The second-order valence-electron chi connectivity index (χ2n) is 3.97. The van der Waals surface area contributed by atoms with Gasteiger partial charge in [-0.15, -0.1) is 0 Å². The summed E-state index contributed by atoms with van der Waals surface area (Å²) in [6, 6.07) is 14.0. The zero-order valence-electron chi connectivity index (χ0n) is 10.8. The maximum Gasteiger partial charge on any atom is 0.372 e. The van der Waals surface area contributed by atoms with E-state index in [-0.39, 0.29) is 6.61 Å². The number of ether oxygens (including phenoxy) is 1. The van der Waals surface area contributed by atoms with E-state index in [1.807, 2.05) is 30.3 Å². The van der Waals surface area contributed by atoms with Crippen LogP contribution in [-0.2, 0) is 9.63 Å². The first-order valence-corrected chi connectivity index (χ1v) is 6.77. The van der Waals surface area contributed by atoms with E-state index in [9.17, 15) is 4.79 Å². The number of nitrogens with zero attached hydrogens (tertiary/aromatic N) is 1.